The van der Waals surface area contributed by atoms with Crippen LogP contribution >= 0.6 is 0 Å². The van der Waals surface area contributed by atoms with Crippen LogP contribution in [0.4, 0.5) is 0 Å². The Bertz CT molecular complexity index is 989. The summed E-state index contributed by atoms with van der Waals surface area (Å²) >= 11 is 0. The van der Waals surface area contributed by atoms with E-state index < -0.39 is 5.41 Å². The molecule has 0 atom stereocenters. The molecule has 0 aliphatic carbocycles. The normalized spacial score (nSPS) is 10.9. The van der Waals surface area contributed by atoms with E-state index in [0.29, 0.717) is 13.0 Å². The quantitative estimate of drug-likeness (QED) is 0.237. The lowest BCUT2D eigenvalue weighted by Gasteiger charge is -2.35. The fraction of sp³-hybridized carbons (Fsp3) is 0.276. The van der Waals surface area contributed by atoms with Crippen molar-refractivity contribution in [2.75, 3.05) is 20.2 Å². The highest BCUT2D eigenvalue weighted by Gasteiger charge is 2.38. The highest BCUT2D eigenvalue weighted by molar-refractivity contribution is 5.80. The zero-order valence-corrected chi connectivity index (χ0v) is 20.0. The van der Waals surface area contributed by atoms with Crippen LogP contribution in [0.15, 0.2) is 91.0 Å². The van der Waals surface area contributed by atoms with Crippen molar-refractivity contribution in [1.82, 2.24) is 10.6 Å². The van der Waals surface area contributed by atoms with Crippen molar-refractivity contribution in [2.24, 2.45) is 0 Å². The van der Waals surface area contributed by atoms with Gasteiger partial charge < -0.3 is 15.4 Å². The average molecular weight is 473 g/mol. The number of carbonyl (C=O) groups excluding carboxylic acids is 3. The Morgan fingerprint density at radius 2 is 1.11 bits per heavy atom. The highest BCUT2D eigenvalue weighted by atomic mass is 16.5. The van der Waals surface area contributed by atoms with Gasteiger partial charge in [-0.2, -0.15) is 0 Å². The van der Waals surface area contributed by atoms with E-state index in [-0.39, 0.29) is 43.6 Å². The van der Waals surface area contributed by atoms with Crippen molar-refractivity contribution >= 4 is 17.8 Å². The Morgan fingerprint density at radius 3 is 1.57 bits per heavy atom. The van der Waals surface area contributed by atoms with Gasteiger partial charge in [0.25, 0.3) is 0 Å². The van der Waals surface area contributed by atoms with Crippen LogP contribution in [0.1, 0.15) is 42.4 Å². The molecular formula is C29H32N2O4. The van der Waals surface area contributed by atoms with Gasteiger partial charge in [-0.15, -0.1) is 0 Å². The standard InChI is InChI=1S/C29H32N2O4/c1-35-28(34)19-21-31-26(32)18-11-20-30-27(33)22-29(23-12-5-2-6-13-23,24-14-7-3-8-15-24)25-16-9-4-10-17-25/h2-10,12-17H,11,18-22H2,1H3,(H,30,33)(H,31,32). The number of methoxy groups -OCH3 is 1. The number of amides is 2. The molecule has 0 aliphatic heterocycles. The Balaban J connectivity index is 1.70. The Hall–Kier alpha value is -3.93. The van der Waals surface area contributed by atoms with E-state index in [9.17, 15) is 14.4 Å². The molecule has 2 N–H and O–H groups in total. The summed E-state index contributed by atoms with van der Waals surface area (Å²) in [6.45, 7) is 0.628. The molecule has 0 spiro atoms. The molecule has 0 heterocycles. The van der Waals surface area contributed by atoms with Gasteiger partial charge in [-0.1, -0.05) is 91.0 Å². The monoisotopic (exact) mass is 472 g/mol. The van der Waals surface area contributed by atoms with Crippen LogP contribution < -0.4 is 10.6 Å². The minimum atomic E-state index is -0.654. The molecule has 3 aromatic rings. The molecular weight excluding hydrogens is 440 g/mol. The van der Waals surface area contributed by atoms with Gasteiger partial charge in [-0.05, 0) is 23.1 Å². The third-order valence-electron chi connectivity index (χ3n) is 6.01. The Kier molecular flexibility index (Phi) is 9.60. The number of nitrogens with one attached hydrogen (secondary N) is 2. The zero-order valence-electron chi connectivity index (χ0n) is 20.0. The SMILES string of the molecule is COC(=O)CCNC(=O)CCCNC(=O)CC(c1ccccc1)(c1ccccc1)c1ccccc1. The van der Waals surface area contributed by atoms with Crippen molar-refractivity contribution in [1.29, 1.82) is 0 Å². The first-order valence-corrected chi connectivity index (χ1v) is 11.8. The van der Waals surface area contributed by atoms with Crippen molar-refractivity contribution in [3.63, 3.8) is 0 Å². The number of benzene rings is 3. The van der Waals surface area contributed by atoms with Gasteiger partial charge >= 0.3 is 5.97 Å². The first kappa shape index (κ1) is 25.7. The molecule has 0 unspecified atom stereocenters. The lowest BCUT2D eigenvalue weighted by atomic mass is 9.67. The Morgan fingerprint density at radius 1 is 0.657 bits per heavy atom. The number of esters is 1. The van der Waals surface area contributed by atoms with Gasteiger partial charge in [0.05, 0.1) is 18.9 Å². The fourth-order valence-corrected chi connectivity index (χ4v) is 4.25. The van der Waals surface area contributed by atoms with Crippen molar-refractivity contribution in [3.8, 4) is 0 Å². The molecule has 2 amide bonds. The molecule has 182 valence electrons. The minimum Gasteiger partial charge on any atom is -0.469 e. The third kappa shape index (κ3) is 7.03. The van der Waals surface area contributed by atoms with Crippen LogP contribution in [-0.4, -0.2) is 38.0 Å². The maximum atomic E-state index is 13.2. The highest BCUT2D eigenvalue weighted by Crippen LogP contribution is 2.42. The summed E-state index contributed by atoms with van der Waals surface area (Å²) in [5.41, 5.74) is 2.46. The smallest absolute Gasteiger partial charge is 0.307 e. The van der Waals surface area contributed by atoms with Gasteiger partial charge in [0, 0.05) is 25.9 Å². The summed E-state index contributed by atoms with van der Waals surface area (Å²) in [6.07, 6.45) is 1.14. The minimum absolute atomic E-state index is 0.0901. The second kappa shape index (κ2) is 13.1. The van der Waals surface area contributed by atoms with Crippen LogP contribution in [0, 0.1) is 0 Å². The second-order valence-electron chi connectivity index (χ2n) is 8.31. The van der Waals surface area contributed by atoms with Gasteiger partial charge in [-0.25, -0.2) is 0 Å². The summed E-state index contributed by atoms with van der Waals surface area (Å²) in [7, 11) is 1.31. The first-order chi connectivity index (χ1) is 17.1. The molecule has 0 fully saturated rings. The molecule has 0 aromatic heterocycles. The summed E-state index contributed by atoms with van der Waals surface area (Å²) in [5.74, 6) is -0.612. The zero-order chi connectivity index (χ0) is 24.9. The topological polar surface area (TPSA) is 84.5 Å². The molecule has 0 bridgehead atoms. The van der Waals surface area contributed by atoms with Crippen LogP contribution in [0.2, 0.25) is 0 Å². The number of carbonyl (C=O) groups is 3. The Labute approximate surface area is 206 Å². The summed E-state index contributed by atoms with van der Waals surface area (Å²) < 4.78 is 4.55. The third-order valence-corrected chi connectivity index (χ3v) is 6.01. The largest absolute Gasteiger partial charge is 0.469 e. The average Bonchev–Trinajstić information content (AvgIpc) is 2.91. The predicted molar refractivity (Wildman–Crippen MR) is 136 cm³/mol. The van der Waals surface area contributed by atoms with E-state index in [2.05, 4.69) is 51.8 Å². The van der Waals surface area contributed by atoms with Crippen molar-refractivity contribution in [3.05, 3.63) is 108 Å². The van der Waals surface area contributed by atoms with E-state index in [1.54, 1.807) is 0 Å². The molecule has 0 saturated carbocycles. The number of hydrogen-bond donors (Lipinski definition) is 2. The molecule has 0 aliphatic rings. The van der Waals surface area contributed by atoms with Crippen molar-refractivity contribution < 1.29 is 19.1 Å². The van der Waals surface area contributed by atoms with Crippen molar-refractivity contribution in [2.45, 2.75) is 31.1 Å². The van der Waals surface area contributed by atoms with E-state index in [4.69, 9.17) is 0 Å². The molecule has 6 heteroatoms. The lowest BCUT2D eigenvalue weighted by molar-refractivity contribution is -0.140. The number of rotatable bonds is 12. The molecule has 0 saturated heterocycles. The van der Waals surface area contributed by atoms with Gasteiger partial charge in [0.1, 0.15) is 0 Å². The molecule has 35 heavy (non-hydrogen) atoms. The second-order valence-corrected chi connectivity index (χ2v) is 8.31. The maximum Gasteiger partial charge on any atom is 0.307 e. The molecule has 3 aromatic carbocycles. The molecule has 6 nitrogen and oxygen atoms in total. The molecule has 0 radical (unpaired) electrons. The van der Waals surface area contributed by atoms with E-state index in [1.807, 2.05) is 54.6 Å². The number of hydrogen-bond acceptors (Lipinski definition) is 4. The van der Waals surface area contributed by atoms with Gasteiger partial charge in [0.15, 0.2) is 0 Å². The number of ether oxygens (including phenoxy) is 1. The van der Waals surface area contributed by atoms with E-state index in [1.165, 1.54) is 7.11 Å². The van der Waals surface area contributed by atoms with Gasteiger partial charge in [-0.3, -0.25) is 14.4 Å². The lowest BCUT2D eigenvalue weighted by Crippen LogP contribution is -2.37. The summed E-state index contributed by atoms with van der Waals surface area (Å²) in [6, 6.07) is 30.2. The summed E-state index contributed by atoms with van der Waals surface area (Å²) in [5, 5.41) is 5.68. The predicted octanol–water partition coefficient (Wildman–Crippen LogP) is 3.99. The van der Waals surface area contributed by atoms with E-state index in [0.717, 1.165) is 16.7 Å². The van der Waals surface area contributed by atoms with E-state index >= 15 is 0 Å². The van der Waals surface area contributed by atoms with Crippen LogP contribution in [0.5, 0.6) is 0 Å². The first-order valence-electron chi connectivity index (χ1n) is 11.8. The summed E-state index contributed by atoms with van der Waals surface area (Å²) in [4.78, 5) is 36.3. The maximum absolute atomic E-state index is 13.2. The molecule has 3 rings (SSSR count). The van der Waals surface area contributed by atoms with Crippen LogP contribution in [-0.2, 0) is 24.5 Å². The fourth-order valence-electron chi connectivity index (χ4n) is 4.25. The van der Waals surface area contributed by atoms with Crippen LogP contribution in [0.3, 0.4) is 0 Å². The van der Waals surface area contributed by atoms with Crippen LogP contribution in [0.25, 0.3) is 0 Å². The van der Waals surface area contributed by atoms with Gasteiger partial charge in [0.2, 0.25) is 11.8 Å².